The van der Waals surface area contributed by atoms with Crippen molar-refractivity contribution >= 4 is 23.5 Å². The summed E-state index contributed by atoms with van der Waals surface area (Å²) in [5.41, 5.74) is 2.64. The van der Waals surface area contributed by atoms with Crippen LogP contribution in [0.3, 0.4) is 0 Å². The van der Waals surface area contributed by atoms with E-state index < -0.39 is 0 Å². The molecule has 0 radical (unpaired) electrons. The van der Waals surface area contributed by atoms with Crippen LogP contribution in [0.5, 0.6) is 0 Å². The number of aryl methyl sites for hydroxylation is 1. The summed E-state index contributed by atoms with van der Waals surface area (Å²) in [6.07, 6.45) is 6.68. The highest BCUT2D eigenvalue weighted by Crippen LogP contribution is 2.16. The summed E-state index contributed by atoms with van der Waals surface area (Å²) in [6, 6.07) is 7.18. The Kier molecular flexibility index (Phi) is 4.08. The van der Waals surface area contributed by atoms with E-state index in [-0.39, 0.29) is 5.78 Å². The summed E-state index contributed by atoms with van der Waals surface area (Å²) in [4.78, 5) is 12.3. The van der Waals surface area contributed by atoms with E-state index in [1.54, 1.807) is 40.7 Å². The molecule has 0 N–H and O–H groups in total. The van der Waals surface area contributed by atoms with Crippen LogP contribution in [0.25, 0.3) is 11.8 Å². The Balaban J connectivity index is 1.85. The minimum absolute atomic E-state index is 0.202. The highest BCUT2D eigenvalue weighted by Gasteiger charge is 2.15. The maximum atomic E-state index is 12.3. The lowest BCUT2D eigenvalue weighted by atomic mass is 10.2. The van der Waals surface area contributed by atoms with Crippen molar-refractivity contribution in [1.29, 1.82) is 0 Å². The zero-order valence-corrected chi connectivity index (χ0v) is 13.4. The molecule has 3 aromatic rings. The van der Waals surface area contributed by atoms with Crippen molar-refractivity contribution in [2.45, 2.75) is 6.92 Å². The van der Waals surface area contributed by atoms with Gasteiger partial charge in [-0.15, -0.1) is 5.10 Å². The summed E-state index contributed by atoms with van der Waals surface area (Å²) in [5, 5.41) is 12.7. The average Bonchev–Trinajstić information content (AvgIpc) is 3.12. The zero-order chi connectivity index (χ0) is 16.4. The van der Waals surface area contributed by atoms with Crippen molar-refractivity contribution in [2.24, 2.45) is 7.05 Å². The van der Waals surface area contributed by atoms with Gasteiger partial charge in [-0.2, -0.15) is 5.10 Å². The second kappa shape index (κ2) is 6.18. The molecule has 6 nitrogen and oxygen atoms in total. The molecule has 2 heterocycles. The van der Waals surface area contributed by atoms with E-state index in [4.69, 9.17) is 11.6 Å². The number of halogens is 1. The minimum Gasteiger partial charge on any atom is -0.287 e. The molecule has 0 saturated carbocycles. The van der Waals surface area contributed by atoms with Gasteiger partial charge in [-0.25, -0.2) is 4.68 Å². The normalized spacial score (nSPS) is 11.3. The van der Waals surface area contributed by atoms with Crippen LogP contribution in [0.2, 0.25) is 5.02 Å². The fourth-order valence-electron chi connectivity index (χ4n) is 2.16. The molecule has 0 aliphatic rings. The average molecular weight is 328 g/mol. The van der Waals surface area contributed by atoms with Gasteiger partial charge in [0.05, 0.1) is 17.6 Å². The predicted molar refractivity (Wildman–Crippen MR) is 87.7 cm³/mol. The van der Waals surface area contributed by atoms with Gasteiger partial charge in [0.15, 0.2) is 5.69 Å². The number of benzene rings is 1. The fourth-order valence-corrected chi connectivity index (χ4v) is 2.29. The van der Waals surface area contributed by atoms with Crippen LogP contribution in [-0.2, 0) is 7.05 Å². The summed E-state index contributed by atoms with van der Waals surface area (Å²) < 4.78 is 3.29. The van der Waals surface area contributed by atoms with Gasteiger partial charge < -0.3 is 0 Å². The molecule has 0 unspecified atom stereocenters. The van der Waals surface area contributed by atoms with Crippen LogP contribution in [0.15, 0.2) is 42.7 Å². The van der Waals surface area contributed by atoms with Crippen LogP contribution >= 0.6 is 11.6 Å². The summed E-state index contributed by atoms with van der Waals surface area (Å²) in [7, 11) is 1.82. The standard InChI is InChI=1S/C16H14ClN5O/c1-11-16(15(23)8-3-12-9-18-21(2)10-12)19-20-22(11)14-6-4-13(17)5-7-14/h3-10H,1-2H3/b8-3+. The van der Waals surface area contributed by atoms with E-state index in [0.29, 0.717) is 16.4 Å². The van der Waals surface area contributed by atoms with Gasteiger partial charge in [-0.3, -0.25) is 9.48 Å². The third kappa shape index (κ3) is 3.22. The largest absolute Gasteiger partial charge is 0.287 e. The Morgan fingerprint density at radius 1 is 1.26 bits per heavy atom. The van der Waals surface area contributed by atoms with Gasteiger partial charge in [-0.1, -0.05) is 16.8 Å². The van der Waals surface area contributed by atoms with Crippen LogP contribution in [0, 0.1) is 6.92 Å². The van der Waals surface area contributed by atoms with Crippen molar-refractivity contribution in [3.8, 4) is 5.69 Å². The van der Waals surface area contributed by atoms with E-state index in [1.807, 2.05) is 25.4 Å². The maximum Gasteiger partial charge on any atom is 0.208 e. The Bertz CT molecular complexity index is 876. The second-order valence-corrected chi connectivity index (χ2v) is 5.49. The number of ketones is 1. The van der Waals surface area contributed by atoms with Gasteiger partial charge >= 0.3 is 0 Å². The summed E-state index contributed by atoms with van der Waals surface area (Å²) in [5.74, 6) is -0.202. The van der Waals surface area contributed by atoms with Crippen molar-refractivity contribution in [3.63, 3.8) is 0 Å². The van der Waals surface area contributed by atoms with Crippen molar-refractivity contribution in [3.05, 3.63) is 64.7 Å². The lowest BCUT2D eigenvalue weighted by Gasteiger charge is -2.02. The lowest BCUT2D eigenvalue weighted by molar-refractivity contribution is 0.104. The highest BCUT2D eigenvalue weighted by atomic mass is 35.5. The molecule has 0 saturated heterocycles. The number of hydrogen-bond acceptors (Lipinski definition) is 4. The smallest absolute Gasteiger partial charge is 0.208 e. The molecule has 0 aliphatic heterocycles. The predicted octanol–water partition coefficient (Wildman–Crippen LogP) is 2.86. The van der Waals surface area contributed by atoms with Crippen LogP contribution in [0.4, 0.5) is 0 Å². The van der Waals surface area contributed by atoms with E-state index in [1.165, 1.54) is 6.08 Å². The van der Waals surface area contributed by atoms with E-state index in [9.17, 15) is 4.79 Å². The Hall–Kier alpha value is -2.73. The Morgan fingerprint density at radius 3 is 2.65 bits per heavy atom. The Labute approximate surface area is 138 Å². The molecule has 2 aromatic heterocycles. The van der Waals surface area contributed by atoms with E-state index in [0.717, 1.165) is 11.3 Å². The molecule has 0 spiro atoms. The number of carbonyl (C=O) groups is 1. The molecule has 3 rings (SSSR count). The van der Waals surface area contributed by atoms with Crippen LogP contribution < -0.4 is 0 Å². The minimum atomic E-state index is -0.202. The monoisotopic (exact) mass is 327 g/mol. The molecular weight excluding hydrogens is 314 g/mol. The van der Waals surface area contributed by atoms with Crippen molar-refractivity contribution in [2.75, 3.05) is 0 Å². The third-order valence-electron chi connectivity index (χ3n) is 3.35. The topological polar surface area (TPSA) is 65.6 Å². The molecule has 23 heavy (non-hydrogen) atoms. The SMILES string of the molecule is Cc1c(C(=O)/C=C/c2cnn(C)c2)nnn1-c1ccc(Cl)cc1. The van der Waals surface area contributed by atoms with Gasteiger partial charge in [0.2, 0.25) is 5.78 Å². The first-order valence-corrected chi connectivity index (χ1v) is 7.31. The first-order valence-electron chi connectivity index (χ1n) is 6.94. The van der Waals surface area contributed by atoms with Gasteiger partial charge in [0, 0.05) is 23.8 Å². The molecule has 0 aliphatic carbocycles. The Morgan fingerprint density at radius 2 is 2.00 bits per heavy atom. The summed E-state index contributed by atoms with van der Waals surface area (Å²) >= 11 is 5.88. The number of aromatic nitrogens is 5. The van der Waals surface area contributed by atoms with Gasteiger partial charge in [0.25, 0.3) is 0 Å². The first kappa shape index (κ1) is 15.2. The van der Waals surface area contributed by atoms with Crippen molar-refractivity contribution in [1.82, 2.24) is 24.8 Å². The maximum absolute atomic E-state index is 12.3. The lowest BCUT2D eigenvalue weighted by Crippen LogP contribution is -2.01. The van der Waals surface area contributed by atoms with Gasteiger partial charge in [0.1, 0.15) is 0 Å². The number of hydrogen-bond donors (Lipinski definition) is 0. The van der Waals surface area contributed by atoms with Crippen LogP contribution in [0.1, 0.15) is 21.7 Å². The van der Waals surface area contributed by atoms with Crippen LogP contribution in [-0.4, -0.2) is 30.6 Å². The molecule has 1 aromatic carbocycles. The molecule has 0 fully saturated rings. The summed E-state index contributed by atoms with van der Waals surface area (Å²) in [6.45, 7) is 1.81. The fraction of sp³-hybridized carbons (Fsp3) is 0.125. The molecule has 116 valence electrons. The first-order chi connectivity index (χ1) is 11.0. The number of rotatable bonds is 4. The zero-order valence-electron chi connectivity index (χ0n) is 12.6. The number of allylic oxidation sites excluding steroid dienone is 1. The molecule has 7 heteroatoms. The van der Waals surface area contributed by atoms with Crippen molar-refractivity contribution < 1.29 is 4.79 Å². The molecular formula is C16H14ClN5O. The highest BCUT2D eigenvalue weighted by molar-refractivity contribution is 6.30. The number of nitrogens with zero attached hydrogens (tertiary/aromatic N) is 5. The van der Waals surface area contributed by atoms with Gasteiger partial charge in [-0.05, 0) is 43.3 Å². The van der Waals surface area contributed by atoms with E-state index in [2.05, 4.69) is 15.4 Å². The third-order valence-corrected chi connectivity index (χ3v) is 3.60. The molecule has 0 bridgehead atoms. The molecule has 0 atom stereocenters. The number of carbonyl (C=O) groups excluding carboxylic acids is 1. The molecule has 0 amide bonds. The van der Waals surface area contributed by atoms with E-state index >= 15 is 0 Å². The second-order valence-electron chi connectivity index (χ2n) is 5.06. The quantitative estimate of drug-likeness (QED) is 0.546.